The monoisotopic (exact) mass is 285 g/mol. The summed E-state index contributed by atoms with van der Waals surface area (Å²) in [5.74, 6) is 0.281. The lowest BCUT2D eigenvalue weighted by atomic mass is 9.91. The number of ether oxygens (including phenoxy) is 2. The molecule has 0 radical (unpaired) electrons. The van der Waals surface area contributed by atoms with Gasteiger partial charge in [0, 0.05) is 5.41 Å². The van der Waals surface area contributed by atoms with Gasteiger partial charge < -0.3 is 9.47 Å². The Morgan fingerprint density at radius 3 is 2.94 bits per heavy atom. The van der Waals surface area contributed by atoms with Crippen LogP contribution in [0.1, 0.15) is 30.0 Å². The van der Waals surface area contributed by atoms with Crippen LogP contribution in [0.5, 0.6) is 5.75 Å². The summed E-state index contributed by atoms with van der Waals surface area (Å²) in [7, 11) is 1.34. The molecule has 0 aromatic carbocycles. The molecule has 1 aromatic rings. The first-order valence-electron chi connectivity index (χ1n) is 4.88. The number of aromatic nitrogens is 1. The standard InChI is InChI=1S/C11H12BrNO3/c1-11(2)5-16-8-6(12)4-7(10(14)15-3)13-9(8)11/h4H,5H2,1-3H3. The van der Waals surface area contributed by atoms with Crippen LogP contribution >= 0.6 is 15.9 Å². The van der Waals surface area contributed by atoms with Crippen molar-refractivity contribution in [1.82, 2.24) is 4.98 Å². The molecule has 4 nitrogen and oxygen atoms in total. The van der Waals surface area contributed by atoms with Gasteiger partial charge in [-0.2, -0.15) is 0 Å². The second-order valence-electron chi connectivity index (χ2n) is 4.33. The van der Waals surface area contributed by atoms with Crippen LogP contribution in [-0.4, -0.2) is 24.7 Å². The highest BCUT2D eigenvalue weighted by molar-refractivity contribution is 9.10. The predicted molar refractivity (Wildman–Crippen MR) is 61.8 cm³/mol. The van der Waals surface area contributed by atoms with Crippen LogP contribution in [0.4, 0.5) is 0 Å². The Kier molecular flexibility index (Phi) is 2.66. The second-order valence-corrected chi connectivity index (χ2v) is 5.19. The molecule has 0 N–H and O–H groups in total. The Morgan fingerprint density at radius 2 is 2.31 bits per heavy atom. The van der Waals surface area contributed by atoms with Crippen molar-refractivity contribution in [1.29, 1.82) is 0 Å². The molecule has 86 valence electrons. The Labute approximate surface area is 102 Å². The summed E-state index contributed by atoms with van der Waals surface area (Å²) in [4.78, 5) is 15.7. The number of pyridine rings is 1. The number of hydrogen-bond donors (Lipinski definition) is 0. The number of carbonyl (C=O) groups excluding carboxylic acids is 1. The van der Waals surface area contributed by atoms with Crippen LogP contribution in [0, 0.1) is 0 Å². The molecular weight excluding hydrogens is 274 g/mol. The van der Waals surface area contributed by atoms with Gasteiger partial charge in [-0.3, -0.25) is 0 Å². The Morgan fingerprint density at radius 1 is 1.62 bits per heavy atom. The number of nitrogens with zero attached hydrogens (tertiary/aromatic N) is 1. The molecule has 1 aliphatic heterocycles. The van der Waals surface area contributed by atoms with Crippen LogP contribution in [0.2, 0.25) is 0 Å². The van der Waals surface area contributed by atoms with E-state index in [1.54, 1.807) is 6.07 Å². The van der Waals surface area contributed by atoms with Gasteiger partial charge in [-0.1, -0.05) is 13.8 Å². The maximum atomic E-state index is 11.4. The third-order valence-corrected chi connectivity index (χ3v) is 3.13. The molecule has 0 amide bonds. The lowest BCUT2D eigenvalue weighted by Crippen LogP contribution is -2.20. The van der Waals surface area contributed by atoms with Crippen LogP contribution in [0.3, 0.4) is 0 Å². The minimum absolute atomic E-state index is 0.179. The van der Waals surface area contributed by atoms with Gasteiger partial charge in [0.05, 0.1) is 23.9 Å². The maximum absolute atomic E-state index is 11.4. The fourth-order valence-electron chi connectivity index (χ4n) is 1.63. The number of halogens is 1. The van der Waals surface area contributed by atoms with E-state index in [0.717, 1.165) is 15.9 Å². The van der Waals surface area contributed by atoms with Crippen molar-refractivity contribution in [3.8, 4) is 5.75 Å². The van der Waals surface area contributed by atoms with Crippen LogP contribution in [-0.2, 0) is 10.2 Å². The van der Waals surface area contributed by atoms with Gasteiger partial charge in [0.15, 0.2) is 5.75 Å². The quantitative estimate of drug-likeness (QED) is 0.743. The molecular formula is C11H12BrNO3. The molecule has 0 aliphatic carbocycles. The smallest absolute Gasteiger partial charge is 0.356 e. The first kappa shape index (κ1) is 11.4. The summed E-state index contributed by atoms with van der Waals surface area (Å²) in [6, 6.07) is 1.62. The van der Waals surface area contributed by atoms with Crippen LogP contribution in [0.15, 0.2) is 10.5 Å². The molecule has 0 atom stereocenters. The first-order chi connectivity index (χ1) is 7.45. The van der Waals surface area contributed by atoms with Crippen molar-refractivity contribution >= 4 is 21.9 Å². The normalized spacial score (nSPS) is 16.5. The van der Waals surface area contributed by atoms with Crippen LogP contribution in [0.25, 0.3) is 0 Å². The summed E-state index contributed by atoms with van der Waals surface area (Å²) in [6.07, 6.45) is 0. The minimum atomic E-state index is -0.439. The zero-order valence-corrected chi connectivity index (χ0v) is 10.9. The molecule has 5 heteroatoms. The molecule has 2 rings (SSSR count). The second kappa shape index (κ2) is 3.73. The van der Waals surface area contributed by atoms with E-state index in [4.69, 9.17) is 4.74 Å². The largest absolute Gasteiger partial charge is 0.489 e. The van der Waals surface area contributed by atoms with Crippen molar-refractivity contribution in [2.75, 3.05) is 13.7 Å². The zero-order chi connectivity index (χ0) is 11.9. The molecule has 2 heterocycles. The van der Waals surface area contributed by atoms with E-state index in [2.05, 4.69) is 25.7 Å². The highest BCUT2D eigenvalue weighted by Gasteiger charge is 2.36. The van der Waals surface area contributed by atoms with E-state index in [1.165, 1.54) is 7.11 Å². The number of fused-ring (bicyclic) bond motifs is 1. The zero-order valence-electron chi connectivity index (χ0n) is 9.33. The Bertz CT molecular complexity index is 457. The summed E-state index contributed by atoms with van der Waals surface area (Å²) < 4.78 is 10.9. The van der Waals surface area contributed by atoms with Gasteiger partial charge in [-0.15, -0.1) is 0 Å². The van der Waals surface area contributed by atoms with Gasteiger partial charge in [0.2, 0.25) is 0 Å². The van der Waals surface area contributed by atoms with Gasteiger partial charge in [0.1, 0.15) is 5.69 Å². The van der Waals surface area contributed by atoms with Crippen LogP contribution < -0.4 is 4.74 Å². The van der Waals surface area contributed by atoms with E-state index < -0.39 is 5.97 Å². The van der Waals surface area contributed by atoms with E-state index >= 15 is 0 Å². The molecule has 1 aliphatic rings. The average molecular weight is 286 g/mol. The number of rotatable bonds is 1. The van der Waals surface area contributed by atoms with Gasteiger partial charge in [0.25, 0.3) is 0 Å². The maximum Gasteiger partial charge on any atom is 0.356 e. The lowest BCUT2D eigenvalue weighted by Gasteiger charge is -2.14. The molecule has 0 unspecified atom stereocenters. The van der Waals surface area contributed by atoms with Crippen molar-refractivity contribution in [3.63, 3.8) is 0 Å². The topological polar surface area (TPSA) is 48.4 Å². The van der Waals surface area contributed by atoms with E-state index in [-0.39, 0.29) is 5.41 Å². The Balaban J connectivity index is 2.57. The predicted octanol–water partition coefficient (Wildman–Crippen LogP) is 2.30. The molecule has 0 bridgehead atoms. The summed E-state index contributed by atoms with van der Waals surface area (Å²) in [5, 5.41) is 0. The van der Waals surface area contributed by atoms with Gasteiger partial charge in [-0.05, 0) is 22.0 Å². The Hall–Kier alpha value is -1.10. The van der Waals surface area contributed by atoms with E-state index in [0.29, 0.717) is 12.3 Å². The summed E-state index contributed by atoms with van der Waals surface area (Å²) in [5.41, 5.74) is 0.913. The summed E-state index contributed by atoms with van der Waals surface area (Å²) >= 11 is 3.37. The number of methoxy groups -OCH3 is 1. The van der Waals surface area contributed by atoms with E-state index in [1.807, 2.05) is 13.8 Å². The SMILES string of the molecule is COC(=O)c1cc(Br)c2c(n1)C(C)(C)CO2. The molecule has 16 heavy (non-hydrogen) atoms. The fourth-order valence-corrected chi connectivity index (χ4v) is 2.15. The summed E-state index contributed by atoms with van der Waals surface area (Å²) in [6.45, 7) is 4.62. The molecule has 0 saturated heterocycles. The third kappa shape index (κ3) is 1.69. The number of carbonyl (C=O) groups is 1. The van der Waals surface area contributed by atoms with Crippen molar-refractivity contribution in [3.05, 3.63) is 21.9 Å². The van der Waals surface area contributed by atoms with Crippen molar-refractivity contribution in [2.45, 2.75) is 19.3 Å². The highest BCUT2D eigenvalue weighted by atomic mass is 79.9. The fraction of sp³-hybridized carbons (Fsp3) is 0.455. The molecule has 0 spiro atoms. The lowest BCUT2D eigenvalue weighted by molar-refractivity contribution is 0.0593. The van der Waals surface area contributed by atoms with Gasteiger partial charge in [-0.25, -0.2) is 9.78 Å². The molecule has 1 aromatic heterocycles. The third-order valence-electron chi connectivity index (χ3n) is 2.54. The minimum Gasteiger partial charge on any atom is -0.489 e. The molecule has 0 fully saturated rings. The first-order valence-corrected chi connectivity index (χ1v) is 5.67. The van der Waals surface area contributed by atoms with Crippen molar-refractivity contribution in [2.24, 2.45) is 0 Å². The number of esters is 1. The highest BCUT2D eigenvalue weighted by Crippen LogP contribution is 2.41. The van der Waals surface area contributed by atoms with Crippen molar-refractivity contribution < 1.29 is 14.3 Å². The number of hydrogen-bond acceptors (Lipinski definition) is 4. The van der Waals surface area contributed by atoms with Gasteiger partial charge >= 0.3 is 5.97 Å². The molecule has 0 saturated carbocycles. The van der Waals surface area contributed by atoms with E-state index in [9.17, 15) is 4.79 Å². The average Bonchev–Trinajstić information content (AvgIpc) is 2.54.